The van der Waals surface area contributed by atoms with E-state index < -0.39 is 5.91 Å². The van der Waals surface area contributed by atoms with Crippen LogP contribution in [-0.4, -0.2) is 18.6 Å². The molecule has 1 saturated heterocycles. The maximum absolute atomic E-state index is 11.2. The van der Waals surface area contributed by atoms with Crippen molar-refractivity contribution in [3.8, 4) is 0 Å². The minimum atomic E-state index is -0.407. The summed E-state index contributed by atoms with van der Waals surface area (Å²) in [4.78, 5) is 11.2. The highest BCUT2D eigenvalue weighted by atomic mass is 35.5. The molecule has 0 aromatic heterocycles. The molecule has 2 aromatic rings. The number of nitrogens with two attached hydrogens (primary N) is 1. The molecule has 5 heteroatoms. The van der Waals surface area contributed by atoms with Crippen molar-refractivity contribution in [3.63, 3.8) is 0 Å². The van der Waals surface area contributed by atoms with E-state index in [4.69, 9.17) is 22.1 Å². The van der Waals surface area contributed by atoms with Crippen LogP contribution in [0.3, 0.4) is 0 Å². The Morgan fingerprint density at radius 2 is 2.04 bits per heavy atom. The standard InChI is InChI=1S/C18H19ClN2O2/c19-15-6-4-13(5-7-15)17-16(8-9-23-17)21-11-12-2-1-3-14(10-12)18(20)22/h1-7,10,16-17,21H,8-9,11H2,(H2,20,22)/t16-,17+/m1/s1. The molecule has 1 heterocycles. The molecule has 1 aliphatic heterocycles. The van der Waals surface area contributed by atoms with Gasteiger partial charge in [0.1, 0.15) is 0 Å². The average Bonchev–Trinajstić information content (AvgIpc) is 3.02. The molecule has 23 heavy (non-hydrogen) atoms. The highest BCUT2D eigenvalue weighted by molar-refractivity contribution is 6.30. The van der Waals surface area contributed by atoms with Gasteiger partial charge in [0.2, 0.25) is 5.91 Å². The van der Waals surface area contributed by atoms with Gasteiger partial charge in [0.15, 0.2) is 0 Å². The Morgan fingerprint density at radius 3 is 2.78 bits per heavy atom. The van der Waals surface area contributed by atoms with Gasteiger partial charge in [-0.05, 0) is 41.8 Å². The first-order chi connectivity index (χ1) is 11.1. The third-order valence-electron chi connectivity index (χ3n) is 4.07. The van der Waals surface area contributed by atoms with Crippen molar-refractivity contribution in [2.45, 2.75) is 25.1 Å². The quantitative estimate of drug-likeness (QED) is 0.885. The van der Waals surface area contributed by atoms with Crippen LogP contribution in [0.2, 0.25) is 5.02 Å². The number of primary amides is 1. The molecular weight excluding hydrogens is 312 g/mol. The normalized spacial score (nSPS) is 20.6. The molecule has 0 radical (unpaired) electrons. The predicted molar refractivity (Wildman–Crippen MR) is 90.3 cm³/mol. The zero-order chi connectivity index (χ0) is 16.2. The number of carbonyl (C=O) groups is 1. The second kappa shape index (κ2) is 7.13. The Kier molecular flexibility index (Phi) is 4.96. The molecule has 1 amide bonds. The maximum Gasteiger partial charge on any atom is 0.248 e. The largest absolute Gasteiger partial charge is 0.372 e. The molecule has 1 aliphatic rings. The van der Waals surface area contributed by atoms with Crippen molar-refractivity contribution in [3.05, 3.63) is 70.2 Å². The van der Waals surface area contributed by atoms with Gasteiger partial charge in [-0.3, -0.25) is 4.79 Å². The molecule has 3 rings (SSSR count). The van der Waals surface area contributed by atoms with E-state index in [9.17, 15) is 4.79 Å². The summed E-state index contributed by atoms with van der Waals surface area (Å²) in [5.74, 6) is -0.407. The minimum Gasteiger partial charge on any atom is -0.372 e. The zero-order valence-electron chi connectivity index (χ0n) is 12.7. The molecule has 2 aromatic carbocycles. The van der Waals surface area contributed by atoms with Crippen LogP contribution in [0.15, 0.2) is 48.5 Å². The second-order valence-corrected chi connectivity index (χ2v) is 6.12. The van der Waals surface area contributed by atoms with Crippen molar-refractivity contribution in [2.24, 2.45) is 5.73 Å². The van der Waals surface area contributed by atoms with Gasteiger partial charge in [0, 0.05) is 29.8 Å². The van der Waals surface area contributed by atoms with Gasteiger partial charge in [-0.25, -0.2) is 0 Å². The third kappa shape index (κ3) is 3.91. The molecule has 0 bridgehead atoms. The summed E-state index contributed by atoms with van der Waals surface area (Å²) in [6.07, 6.45) is 0.967. The Balaban J connectivity index is 1.66. The lowest BCUT2D eigenvalue weighted by molar-refractivity contribution is 0.0983. The molecule has 0 saturated carbocycles. The molecule has 4 nitrogen and oxygen atoms in total. The number of rotatable bonds is 5. The van der Waals surface area contributed by atoms with E-state index in [1.807, 2.05) is 42.5 Å². The van der Waals surface area contributed by atoms with E-state index in [0.717, 1.165) is 29.2 Å². The summed E-state index contributed by atoms with van der Waals surface area (Å²) in [5.41, 5.74) is 8.00. The molecular formula is C18H19ClN2O2. The summed E-state index contributed by atoms with van der Waals surface area (Å²) in [6, 6.07) is 15.4. The fourth-order valence-electron chi connectivity index (χ4n) is 2.86. The predicted octanol–water partition coefficient (Wildman–Crippen LogP) is 3.06. The summed E-state index contributed by atoms with van der Waals surface area (Å²) < 4.78 is 5.86. The van der Waals surface area contributed by atoms with E-state index in [1.54, 1.807) is 6.07 Å². The minimum absolute atomic E-state index is 0.0200. The summed E-state index contributed by atoms with van der Waals surface area (Å²) in [7, 11) is 0. The van der Waals surface area contributed by atoms with Crippen molar-refractivity contribution < 1.29 is 9.53 Å². The van der Waals surface area contributed by atoms with Crippen molar-refractivity contribution in [1.29, 1.82) is 0 Å². The lowest BCUT2D eigenvalue weighted by Gasteiger charge is -2.20. The van der Waals surface area contributed by atoms with Gasteiger partial charge in [0.05, 0.1) is 6.10 Å². The molecule has 0 unspecified atom stereocenters. The highest BCUT2D eigenvalue weighted by Crippen LogP contribution is 2.30. The van der Waals surface area contributed by atoms with E-state index in [2.05, 4.69) is 5.32 Å². The molecule has 1 fully saturated rings. The zero-order valence-corrected chi connectivity index (χ0v) is 13.4. The lowest BCUT2D eigenvalue weighted by atomic mass is 10.0. The van der Waals surface area contributed by atoms with Crippen molar-refractivity contribution in [2.75, 3.05) is 6.61 Å². The summed E-state index contributed by atoms with van der Waals surface area (Å²) in [6.45, 7) is 1.39. The van der Waals surface area contributed by atoms with Crippen LogP contribution in [0.5, 0.6) is 0 Å². The molecule has 120 valence electrons. The van der Waals surface area contributed by atoms with Gasteiger partial charge in [0.25, 0.3) is 0 Å². The number of benzene rings is 2. The fraction of sp³-hybridized carbons (Fsp3) is 0.278. The molecule has 0 aliphatic carbocycles. The number of ether oxygens (including phenoxy) is 1. The first-order valence-electron chi connectivity index (χ1n) is 7.62. The SMILES string of the molecule is NC(=O)c1cccc(CN[C@@H]2CCO[C@H]2c2ccc(Cl)cc2)c1. The van der Waals surface area contributed by atoms with Gasteiger partial charge in [-0.1, -0.05) is 35.9 Å². The number of amides is 1. The maximum atomic E-state index is 11.2. The van der Waals surface area contributed by atoms with Gasteiger partial charge >= 0.3 is 0 Å². The van der Waals surface area contributed by atoms with E-state index in [0.29, 0.717) is 12.1 Å². The summed E-state index contributed by atoms with van der Waals surface area (Å²) in [5, 5.41) is 4.24. The van der Waals surface area contributed by atoms with Crippen molar-refractivity contribution >= 4 is 17.5 Å². The van der Waals surface area contributed by atoms with Crippen LogP contribution in [-0.2, 0) is 11.3 Å². The van der Waals surface area contributed by atoms with Crippen molar-refractivity contribution in [1.82, 2.24) is 5.32 Å². The molecule has 0 spiro atoms. The highest BCUT2D eigenvalue weighted by Gasteiger charge is 2.29. The average molecular weight is 331 g/mol. The second-order valence-electron chi connectivity index (χ2n) is 5.68. The van der Waals surface area contributed by atoms with Crippen LogP contribution in [0.1, 0.15) is 34.0 Å². The van der Waals surface area contributed by atoms with Gasteiger partial charge < -0.3 is 15.8 Å². The van der Waals surface area contributed by atoms with Crippen LogP contribution in [0.25, 0.3) is 0 Å². The Labute approximate surface area is 140 Å². The van der Waals surface area contributed by atoms with E-state index >= 15 is 0 Å². The summed E-state index contributed by atoms with van der Waals surface area (Å²) >= 11 is 5.94. The van der Waals surface area contributed by atoms with Crippen LogP contribution in [0, 0.1) is 0 Å². The molecule has 3 N–H and O–H groups in total. The smallest absolute Gasteiger partial charge is 0.248 e. The number of carbonyl (C=O) groups excluding carboxylic acids is 1. The Bertz CT molecular complexity index is 688. The Morgan fingerprint density at radius 1 is 1.26 bits per heavy atom. The van der Waals surface area contributed by atoms with Gasteiger partial charge in [-0.2, -0.15) is 0 Å². The number of nitrogens with one attached hydrogen (secondary N) is 1. The third-order valence-corrected chi connectivity index (χ3v) is 4.32. The number of halogens is 1. The van der Waals surface area contributed by atoms with E-state index in [1.165, 1.54) is 0 Å². The first-order valence-corrected chi connectivity index (χ1v) is 8.00. The topological polar surface area (TPSA) is 64.4 Å². The molecule has 2 atom stereocenters. The van der Waals surface area contributed by atoms with Crippen LogP contribution < -0.4 is 11.1 Å². The van der Waals surface area contributed by atoms with Gasteiger partial charge in [-0.15, -0.1) is 0 Å². The van der Waals surface area contributed by atoms with Crippen LogP contribution in [0.4, 0.5) is 0 Å². The lowest BCUT2D eigenvalue weighted by Crippen LogP contribution is -2.31. The van der Waals surface area contributed by atoms with Crippen LogP contribution >= 0.6 is 11.6 Å². The number of hydrogen-bond acceptors (Lipinski definition) is 3. The number of hydrogen-bond donors (Lipinski definition) is 2. The van der Waals surface area contributed by atoms with E-state index in [-0.39, 0.29) is 12.1 Å². The first kappa shape index (κ1) is 16.0. The monoisotopic (exact) mass is 330 g/mol. The fourth-order valence-corrected chi connectivity index (χ4v) is 2.99. The Hall–Kier alpha value is -1.88.